The fourth-order valence-corrected chi connectivity index (χ4v) is 1.40. The first kappa shape index (κ1) is 12.5. The molecule has 0 fully saturated rings. The zero-order chi connectivity index (χ0) is 13.8. The first-order chi connectivity index (χ1) is 9.10. The van der Waals surface area contributed by atoms with Crippen molar-refractivity contribution in [1.29, 1.82) is 5.26 Å². The third-order valence-corrected chi connectivity index (χ3v) is 2.22. The number of ether oxygens (including phenoxy) is 1. The van der Waals surface area contributed by atoms with Crippen molar-refractivity contribution in [1.82, 2.24) is 4.98 Å². The summed E-state index contributed by atoms with van der Waals surface area (Å²) in [6.07, 6.45) is 0. The third-order valence-electron chi connectivity index (χ3n) is 2.22. The Labute approximate surface area is 107 Å². The van der Waals surface area contributed by atoms with Gasteiger partial charge in [0, 0.05) is 6.07 Å². The van der Waals surface area contributed by atoms with E-state index in [2.05, 4.69) is 4.98 Å². The molecule has 19 heavy (non-hydrogen) atoms. The van der Waals surface area contributed by atoms with E-state index in [1.807, 2.05) is 6.07 Å². The monoisotopic (exact) mass is 258 g/mol. The van der Waals surface area contributed by atoms with Crippen molar-refractivity contribution in [2.75, 3.05) is 0 Å². The Hall–Kier alpha value is -2.94. The Bertz CT molecular complexity index is 680. The number of aromatic nitrogens is 1. The summed E-state index contributed by atoms with van der Waals surface area (Å²) in [5, 5.41) is 17.6. The molecule has 1 heterocycles. The van der Waals surface area contributed by atoms with Gasteiger partial charge in [-0.25, -0.2) is 14.2 Å². The van der Waals surface area contributed by atoms with Crippen molar-refractivity contribution in [3.63, 3.8) is 0 Å². The van der Waals surface area contributed by atoms with Crippen LogP contribution in [0.2, 0.25) is 0 Å². The van der Waals surface area contributed by atoms with Gasteiger partial charge in [-0.05, 0) is 24.3 Å². The lowest BCUT2D eigenvalue weighted by Gasteiger charge is -2.07. The van der Waals surface area contributed by atoms with Gasteiger partial charge in [0.1, 0.15) is 28.9 Å². The van der Waals surface area contributed by atoms with Crippen molar-refractivity contribution >= 4 is 5.97 Å². The molecule has 0 saturated carbocycles. The van der Waals surface area contributed by atoms with E-state index in [1.54, 1.807) is 6.07 Å². The second-order valence-electron chi connectivity index (χ2n) is 3.52. The molecule has 0 unspecified atom stereocenters. The molecule has 0 radical (unpaired) electrons. The van der Waals surface area contributed by atoms with E-state index in [0.29, 0.717) is 0 Å². The Morgan fingerprint density at radius 3 is 2.84 bits per heavy atom. The maximum Gasteiger partial charge on any atom is 0.339 e. The van der Waals surface area contributed by atoms with Crippen LogP contribution in [0.25, 0.3) is 0 Å². The second kappa shape index (κ2) is 5.14. The summed E-state index contributed by atoms with van der Waals surface area (Å²) in [6, 6.07) is 9.45. The van der Waals surface area contributed by atoms with Gasteiger partial charge in [-0.15, -0.1) is 0 Å². The lowest BCUT2D eigenvalue weighted by molar-refractivity contribution is 0.0693. The minimum absolute atomic E-state index is 0.0449. The largest absolute Gasteiger partial charge is 0.478 e. The maximum absolute atomic E-state index is 13.0. The van der Waals surface area contributed by atoms with Gasteiger partial charge in [0.25, 0.3) is 0 Å². The van der Waals surface area contributed by atoms with Crippen LogP contribution in [0, 0.1) is 17.1 Å². The van der Waals surface area contributed by atoms with Crippen LogP contribution in [-0.4, -0.2) is 16.1 Å². The van der Waals surface area contributed by atoms with Crippen LogP contribution in [0.3, 0.4) is 0 Å². The van der Waals surface area contributed by atoms with Crippen LogP contribution in [0.4, 0.5) is 4.39 Å². The number of hydrogen-bond acceptors (Lipinski definition) is 4. The first-order valence-electron chi connectivity index (χ1n) is 5.18. The number of halogens is 1. The number of carboxylic acids is 1. The van der Waals surface area contributed by atoms with Gasteiger partial charge in [-0.3, -0.25) is 0 Å². The van der Waals surface area contributed by atoms with Gasteiger partial charge >= 0.3 is 5.97 Å². The molecule has 94 valence electrons. The lowest BCUT2D eigenvalue weighted by atomic mass is 10.2. The highest BCUT2D eigenvalue weighted by Crippen LogP contribution is 2.25. The van der Waals surface area contributed by atoms with Crippen molar-refractivity contribution in [2.45, 2.75) is 0 Å². The first-order valence-corrected chi connectivity index (χ1v) is 5.18. The molecule has 0 amide bonds. The van der Waals surface area contributed by atoms with Crippen LogP contribution in [0.15, 0.2) is 36.4 Å². The highest BCUT2D eigenvalue weighted by Gasteiger charge is 2.13. The Balaban J connectivity index is 2.38. The number of nitriles is 1. The molecule has 1 N–H and O–H groups in total. The van der Waals surface area contributed by atoms with Gasteiger partial charge in [-0.1, -0.05) is 6.07 Å². The van der Waals surface area contributed by atoms with Crippen LogP contribution in [-0.2, 0) is 0 Å². The van der Waals surface area contributed by atoms with Crippen molar-refractivity contribution < 1.29 is 19.0 Å². The highest BCUT2D eigenvalue weighted by molar-refractivity contribution is 5.90. The zero-order valence-corrected chi connectivity index (χ0v) is 9.50. The lowest BCUT2D eigenvalue weighted by Crippen LogP contribution is -2.01. The van der Waals surface area contributed by atoms with Gasteiger partial charge in [-0.2, -0.15) is 5.26 Å². The molecule has 0 aliphatic heterocycles. The van der Waals surface area contributed by atoms with E-state index in [9.17, 15) is 9.18 Å². The summed E-state index contributed by atoms with van der Waals surface area (Å²) in [5.74, 6) is -1.97. The SMILES string of the molecule is N#Cc1cccc(Oc2ccc(F)cc2C(=O)O)n1. The number of nitrogens with zero attached hydrogens (tertiary/aromatic N) is 2. The molecule has 0 aliphatic carbocycles. The standard InChI is InChI=1S/C13H7FN2O3/c14-8-4-5-11(10(6-8)13(17)18)19-12-3-1-2-9(7-15)16-12/h1-6H,(H,17,18). The summed E-state index contributed by atoms with van der Waals surface area (Å²) in [4.78, 5) is 14.8. The van der Waals surface area contributed by atoms with E-state index >= 15 is 0 Å². The summed E-state index contributed by atoms with van der Waals surface area (Å²) in [5.41, 5.74) is -0.180. The molecule has 2 aromatic rings. The predicted octanol–water partition coefficient (Wildman–Crippen LogP) is 2.58. The molecular weight excluding hydrogens is 251 g/mol. The van der Waals surface area contributed by atoms with E-state index in [0.717, 1.165) is 12.1 Å². The van der Waals surface area contributed by atoms with Crippen molar-refractivity contribution in [3.05, 3.63) is 53.5 Å². The quantitative estimate of drug-likeness (QED) is 0.914. The predicted molar refractivity (Wildman–Crippen MR) is 62.4 cm³/mol. The number of aromatic carboxylic acids is 1. The van der Waals surface area contributed by atoms with Crippen LogP contribution < -0.4 is 4.74 Å². The average Bonchev–Trinajstić information content (AvgIpc) is 2.41. The van der Waals surface area contributed by atoms with E-state index in [4.69, 9.17) is 15.1 Å². The number of carboxylic acid groups (broad SMARTS) is 1. The number of hydrogen-bond donors (Lipinski definition) is 1. The summed E-state index contributed by atoms with van der Waals surface area (Å²) in [7, 11) is 0. The molecular formula is C13H7FN2O3. The molecule has 0 atom stereocenters. The number of rotatable bonds is 3. The normalized spacial score (nSPS) is 9.68. The summed E-state index contributed by atoms with van der Waals surface area (Å²) >= 11 is 0. The molecule has 0 spiro atoms. The van der Waals surface area contributed by atoms with Crippen LogP contribution >= 0.6 is 0 Å². The van der Waals surface area contributed by atoms with Gasteiger partial charge in [0.2, 0.25) is 5.88 Å². The Morgan fingerprint density at radius 1 is 1.37 bits per heavy atom. The van der Waals surface area contributed by atoms with Gasteiger partial charge < -0.3 is 9.84 Å². The fraction of sp³-hybridized carbons (Fsp3) is 0. The third kappa shape index (κ3) is 2.84. The molecule has 1 aromatic carbocycles. The van der Waals surface area contributed by atoms with Crippen molar-refractivity contribution in [3.8, 4) is 17.7 Å². The Kier molecular flexibility index (Phi) is 3.39. The van der Waals surface area contributed by atoms with E-state index in [-0.39, 0.29) is 22.9 Å². The molecule has 0 saturated heterocycles. The van der Waals surface area contributed by atoms with Crippen LogP contribution in [0.5, 0.6) is 11.6 Å². The topological polar surface area (TPSA) is 83.2 Å². The average molecular weight is 258 g/mol. The summed E-state index contributed by atoms with van der Waals surface area (Å²) < 4.78 is 18.2. The number of pyridine rings is 1. The minimum atomic E-state index is -1.31. The maximum atomic E-state index is 13.0. The molecule has 0 bridgehead atoms. The fourth-order valence-electron chi connectivity index (χ4n) is 1.40. The second-order valence-corrected chi connectivity index (χ2v) is 3.52. The van der Waals surface area contributed by atoms with Crippen molar-refractivity contribution in [2.24, 2.45) is 0 Å². The molecule has 2 rings (SSSR count). The molecule has 6 heteroatoms. The van der Waals surface area contributed by atoms with Crippen LogP contribution in [0.1, 0.15) is 16.1 Å². The molecule has 0 aliphatic rings. The molecule has 1 aromatic heterocycles. The highest BCUT2D eigenvalue weighted by atomic mass is 19.1. The zero-order valence-electron chi connectivity index (χ0n) is 9.50. The minimum Gasteiger partial charge on any atom is -0.478 e. The smallest absolute Gasteiger partial charge is 0.339 e. The number of benzene rings is 1. The van der Waals surface area contributed by atoms with E-state index in [1.165, 1.54) is 18.2 Å². The van der Waals surface area contributed by atoms with Gasteiger partial charge in [0.05, 0.1) is 0 Å². The van der Waals surface area contributed by atoms with E-state index < -0.39 is 11.8 Å². The molecule has 5 nitrogen and oxygen atoms in total. The number of carbonyl (C=O) groups is 1. The summed E-state index contributed by atoms with van der Waals surface area (Å²) in [6.45, 7) is 0. The van der Waals surface area contributed by atoms with Gasteiger partial charge in [0.15, 0.2) is 0 Å². The Morgan fingerprint density at radius 2 is 2.16 bits per heavy atom.